The molecular formula is C22H22F4N4O4S. The molecule has 0 atom stereocenters. The van der Waals surface area contributed by atoms with Crippen molar-refractivity contribution >= 4 is 16.1 Å². The summed E-state index contributed by atoms with van der Waals surface area (Å²) in [6.07, 6.45) is -1.84. The number of carbonyl (C=O) groups excluding carboxylic acids is 1. The van der Waals surface area contributed by atoms with E-state index in [9.17, 15) is 26.4 Å². The van der Waals surface area contributed by atoms with Crippen LogP contribution in [-0.4, -0.2) is 46.0 Å². The molecular weight excluding hydrogens is 492 g/mol. The van der Waals surface area contributed by atoms with Crippen LogP contribution >= 0.6 is 0 Å². The summed E-state index contributed by atoms with van der Waals surface area (Å²) in [5.41, 5.74) is -4.33. The van der Waals surface area contributed by atoms with E-state index in [1.807, 2.05) is 0 Å². The fraction of sp³-hybridized carbons (Fsp3) is 0.318. The molecule has 0 saturated heterocycles. The van der Waals surface area contributed by atoms with Gasteiger partial charge in [-0.2, -0.15) is 13.2 Å². The maximum atomic E-state index is 15.7. The fourth-order valence-corrected chi connectivity index (χ4v) is 4.50. The lowest BCUT2D eigenvalue weighted by molar-refractivity contribution is -0.140. The van der Waals surface area contributed by atoms with Gasteiger partial charge >= 0.3 is 12.3 Å². The molecule has 0 aliphatic heterocycles. The van der Waals surface area contributed by atoms with Crippen LogP contribution in [0.15, 0.2) is 53.9 Å². The molecule has 0 N–H and O–H groups in total. The second-order valence-electron chi connectivity index (χ2n) is 8.54. The number of amides is 1. The van der Waals surface area contributed by atoms with E-state index in [2.05, 4.69) is 9.97 Å². The lowest BCUT2D eigenvalue weighted by atomic mass is 10.1. The van der Waals surface area contributed by atoms with Crippen LogP contribution in [0.25, 0.3) is 11.3 Å². The van der Waals surface area contributed by atoms with Crippen LogP contribution in [0.1, 0.15) is 32.0 Å². The summed E-state index contributed by atoms with van der Waals surface area (Å²) in [6.45, 7) is 4.38. The molecule has 1 amide bonds. The Hall–Kier alpha value is -3.48. The average Bonchev–Trinajstić information content (AvgIpc) is 3.09. The molecule has 3 rings (SSSR count). The second-order valence-corrected chi connectivity index (χ2v) is 10.4. The molecule has 8 nitrogen and oxygen atoms in total. The van der Waals surface area contributed by atoms with Crippen LogP contribution in [0.4, 0.5) is 22.4 Å². The Labute approximate surface area is 199 Å². The van der Waals surface area contributed by atoms with E-state index in [1.54, 1.807) is 20.8 Å². The third kappa shape index (κ3) is 5.61. The largest absolute Gasteiger partial charge is 0.444 e. The molecule has 0 fully saturated rings. The van der Waals surface area contributed by atoms with Gasteiger partial charge in [-0.1, -0.05) is 0 Å². The highest BCUT2D eigenvalue weighted by Gasteiger charge is 2.39. The Morgan fingerprint density at radius 2 is 1.80 bits per heavy atom. The van der Waals surface area contributed by atoms with Gasteiger partial charge in [0, 0.05) is 43.0 Å². The number of hydrogen-bond donors (Lipinski definition) is 0. The summed E-state index contributed by atoms with van der Waals surface area (Å²) in [6, 6.07) is 4.54. The molecule has 0 bridgehead atoms. The first-order chi connectivity index (χ1) is 16.1. The summed E-state index contributed by atoms with van der Waals surface area (Å²) in [5, 5.41) is 0. The van der Waals surface area contributed by atoms with E-state index in [-0.39, 0.29) is 10.5 Å². The number of carbonyl (C=O) groups is 1. The Bertz CT molecular complexity index is 1330. The van der Waals surface area contributed by atoms with Crippen molar-refractivity contribution in [3.05, 3.63) is 66.1 Å². The van der Waals surface area contributed by atoms with Crippen LogP contribution in [0, 0.1) is 5.82 Å². The average molecular weight is 515 g/mol. The summed E-state index contributed by atoms with van der Waals surface area (Å²) < 4.78 is 88.9. The minimum atomic E-state index is -5.00. The lowest BCUT2D eigenvalue weighted by Crippen LogP contribution is -2.33. The van der Waals surface area contributed by atoms with Gasteiger partial charge in [0.15, 0.2) is 11.5 Å². The fourth-order valence-electron chi connectivity index (χ4n) is 3.14. The molecule has 188 valence electrons. The molecule has 0 aliphatic carbocycles. The highest BCUT2D eigenvalue weighted by Crippen LogP contribution is 2.39. The summed E-state index contributed by atoms with van der Waals surface area (Å²) in [5.74, 6) is -1.26. The number of pyridine rings is 2. The monoisotopic (exact) mass is 514 g/mol. The van der Waals surface area contributed by atoms with Crippen molar-refractivity contribution in [1.82, 2.24) is 18.8 Å². The van der Waals surface area contributed by atoms with Gasteiger partial charge < -0.3 is 9.64 Å². The van der Waals surface area contributed by atoms with Crippen molar-refractivity contribution in [2.45, 2.75) is 44.0 Å². The summed E-state index contributed by atoms with van der Waals surface area (Å²) in [4.78, 5) is 20.0. The maximum Gasteiger partial charge on any atom is 0.434 e. The van der Waals surface area contributed by atoms with Gasteiger partial charge in [0.25, 0.3) is 10.0 Å². The van der Waals surface area contributed by atoms with Crippen LogP contribution < -0.4 is 0 Å². The zero-order chi connectivity index (χ0) is 26.2. The van der Waals surface area contributed by atoms with E-state index in [0.29, 0.717) is 3.97 Å². The number of rotatable bonds is 5. The third-order valence-electron chi connectivity index (χ3n) is 4.62. The Morgan fingerprint density at radius 3 is 2.37 bits per heavy atom. The number of ether oxygens (including phenoxy) is 1. The minimum Gasteiger partial charge on any atom is -0.444 e. The Morgan fingerprint density at radius 1 is 1.14 bits per heavy atom. The number of nitrogens with zero attached hydrogens (tertiary/aromatic N) is 4. The normalized spacial score (nSPS) is 12.5. The molecule has 0 radical (unpaired) electrons. The number of halogens is 4. The van der Waals surface area contributed by atoms with Crippen LogP contribution in [0.5, 0.6) is 0 Å². The van der Waals surface area contributed by atoms with E-state index < -0.39 is 57.2 Å². The van der Waals surface area contributed by atoms with Gasteiger partial charge in [-0.15, -0.1) is 0 Å². The standard InChI is InChI=1S/C22H22F4N4O4S/c1-21(2,3)34-20(31)29(4)12-14-13-30(35(32,33)15-7-5-9-27-11-15)18(17(14)23)16-8-6-10-28-19(16)22(24,25)26/h5-11,13H,12H2,1-4H3. The van der Waals surface area contributed by atoms with E-state index >= 15 is 4.39 Å². The van der Waals surface area contributed by atoms with Crippen LogP contribution in [0.3, 0.4) is 0 Å². The quantitative estimate of drug-likeness (QED) is 0.458. The first-order valence-corrected chi connectivity index (χ1v) is 11.6. The first-order valence-electron chi connectivity index (χ1n) is 10.1. The topological polar surface area (TPSA) is 94.4 Å². The Kier molecular flexibility index (Phi) is 6.93. The zero-order valence-corrected chi connectivity index (χ0v) is 20.0. The van der Waals surface area contributed by atoms with Gasteiger partial charge in [-0.25, -0.2) is 21.6 Å². The van der Waals surface area contributed by atoms with Crippen molar-refractivity contribution in [2.24, 2.45) is 0 Å². The van der Waals surface area contributed by atoms with Gasteiger partial charge in [-0.3, -0.25) is 9.97 Å². The Balaban J connectivity index is 2.22. The van der Waals surface area contributed by atoms with Crippen molar-refractivity contribution in [3.63, 3.8) is 0 Å². The highest BCUT2D eigenvalue weighted by atomic mass is 32.2. The number of hydrogen-bond acceptors (Lipinski definition) is 6. The molecule has 0 aliphatic rings. The lowest BCUT2D eigenvalue weighted by Gasteiger charge is -2.24. The van der Waals surface area contributed by atoms with Crippen LogP contribution in [-0.2, 0) is 27.5 Å². The molecule has 3 heterocycles. The van der Waals surface area contributed by atoms with E-state index in [1.165, 1.54) is 25.4 Å². The molecule has 3 aromatic rings. The molecule has 0 saturated carbocycles. The molecule has 0 spiro atoms. The molecule has 35 heavy (non-hydrogen) atoms. The maximum absolute atomic E-state index is 15.7. The predicted molar refractivity (Wildman–Crippen MR) is 117 cm³/mol. The minimum absolute atomic E-state index is 0.349. The second kappa shape index (κ2) is 9.29. The summed E-state index contributed by atoms with van der Waals surface area (Å²) >= 11 is 0. The molecule has 3 aromatic heterocycles. The SMILES string of the molecule is CN(Cc1cn(S(=O)(=O)c2cccnc2)c(-c2cccnc2C(F)(F)F)c1F)C(=O)OC(C)(C)C. The molecule has 0 aromatic carbocycles. The van der Waals surface area contributed by atoms with Crippen molar-refractivity contribution in [3.8, 4) is 11.3 Å². The summed E-state index contributed by atoms with van der Waals surface area (Å²) in [7, 11) is -3.30. The van der Waals surface area contributed by atoms with E-state index in [0.717, 1.165) is 35.6 Å². The first kappa shape index (κ1) is 26.1. The van der Waals surface area contributed by atoms with Gasteiger partial charge in [0.05, 0.1) is 6.54 Å². The van der Waals surface area contributed by atoms with Gasteiger partial charge in [-0.05, 0) is 45.0 Å². The number of alkyl halides is 3. The van der Waals surface area contributed by atoms with E-state index in [4.69, 9.17) is 4.74 Å². The van der Waals surface area contributed by atoms with Crippen molar-refractivity contribution in [1.29, 1.82) is 0 Å². The van der Waals surface area contributed by atoms with Gasteiger partial charge in [0.1, 0.15) is 16.2 Å². The molecule has 13 heteroatoms. The predicted octanol–water partition coefficient (Wildman–Crippen LogP) is 4.71. The zero-order valence-electron chi connectivity index (χ0n) is 19.2. The number of aromatic nitrogens is 3. The van der Waals surface area contributed by atoms with Crippen LogP contribution in [0.2, 0.25) is 0 Å². The third-order valence-corrected chi connectivity index (χ3v) is 6.26. The van der Waals surface area contributed by atoms with Crippen molar-refractivity contribution in [2.75, 3.05) is 7.05 Å². The smallest absolute Gasteiger partial charge is 0.434 e. The van der Waals surface area contributed by atoms with Gasteiger partial charge in [0.2, 0.25) is 0 Å². The highest BCUT2D eigenvalue weighted by molar-refractivity contribution is 7.90. The van der Waals surface area contributed by atoms with Crippen molar-refractivity contribution < 1.29 is 35.5 Å². The molecule has 0 unspecified atom stereocenters.